The van der Waals surface area contributed by atoms with E-state index in [1.54, 1.807) is 0 Å². The van der Waals surface area contributed by atoms with E-state index in [9.17, 15) is 14.9 Å². The number of ether oxygens (including phenoxy) is 1. The summed E-state index contributed by atoms with van der Waals surface area (Å²) >= 11 is 0. The zero-order valence-electron chi connectivity index (χ0n) is 10.2. The number of aromatic nitrogens is 1. The fraction of sp³-hybridized carbons (Fsp3) is 0.500. The highest BCUT2D eigenvalue weighted by molar-refractivity contribution is 5.92. The van der Waals surface area contributed by atoms with Crippen LogP contribution >= 0.6 is 0 Å². The van der Waals surface area contributed by atoms with Crippen LogP contribution in [-0.4, -0.2) is 27.6 Å². The third kappa shape index (κ3) is 3.18. The summed E-state index contributed by atoms with van der Waals surface area (Å²) in [6.07, 6.45) is 5.49. The van der Waals surface area contributed by atoms with Gasteiger partial charge in [-0.15, -0.1) is 0 Å². The van der Waals surface area contributed by atoms with Crippen LogP contribution in [0, 0.1) is 16.0 Å². The average molecular weight is 266 g/mol. The van der Waals surface area contributed by atoms with E-state index in [0.29, 0.717) is 12.5 Å². The number of hydrogen-bond acceptors (Lipinski definition) is 5. The number of nitro groups is 1. The van der Waals surface area contributed by atoms with E-state index in [1.165, 1.54) is 19.3 Å². The SMILES string of the molecule is O=C(O)c1cc(OCCC2CCC2)ncc1[N+](=O)[O-]. The summed E-state index contributed by atoms with van der Waals surface area (Å²) in [5, 5.41) is 19.6. The molecule has 1 aliphatic carbocycles. The average Bonchev–Trinajstić information content (AvgIpc) is 2.31. The molecule has 1 N–H and O–H groups in total. The first-order chi connectivity index (χ1) is 9.08. The number of pyridine rings is 1. The molecule has 0 unspecified atom stereocenters. The minimum absolute atomic E-state index is 0.113. The minimum Gasteiger partial charge on any atom is -0.478 e. The number of carbonyl (C=O) groups is 1. The van der Waals surface area contributed by atoms with Crippen molar-refractivity contribution in [1.29, 1.82) is 0 Å². The van der Waals surface area contributed by atoms with Crippen LogP contribution in [0.3, 0.4) is 0 Å². The number of hydrogen-bond donors (Lipinski definition) is 1. The van der Waals surface area contributed by atoms with E-state index in [-0.39, 0.29) is 5.88 Å². The van der Waals surface area contributed by atoms with Crippen molar-refractivity contribution in [3.8, 4) is 5.88 Å². The zero-order valence-corrected chi connectivity index (χ0v) is 10.2. The molecular formula is C12H14N2O5. The van der Waals surface area contributed by atoms with Gasteiger partial charge in [-0.2, -0.15) is 0 Å². The highest BCUT2D eigenvalue weighted by atomic mass is 16.6. The normalized spacial score (nSPS) is 14.7. The molecule has 7 heteroatoms. The van der Waals surface area contributed by atoms with Crippen LogP contribution in [0.5, 0.6) is 5.88 Å². The van der Waals surface area contributed by atoms with Crippen molar-refractivity contribution in [2.75, 3.05) is 6.61 Å². The second-order valence-corrected chi connectivity index (χ2v) is 4.54. The van der Waals surface area contributed by atoms with Crippen molar-refractivity contribution in [1.82, 2.24) is 4.98 Å². The van der Waals surface area contributed by atoms with E-state index in [1.807, 2.05) is 0 Å². The second kappa shape index (κ2) is 5.64. The first-order valence-corrected chi connectivity index (χ1v) is 6.08. The Morgan fingerprint density at radius 3 is 2.84 bits per heavy atom. The van der Waals surface area contributed by atoms with E-state index in [2.05, 4.69) is 4.98 Å². The van der Waals surface area contributed by atoms with Crippen LogP contribution in [-0.2, 0) is 0 Å². The van der Waals surface area contributed by atoms with E-state index in [0.717, 1.165) is 18.7 Å². The van der Waals surface area contributed by atoms with Gasteiger partial charge in [0.15, 0.2) is 0 Å². The van der Waals surface area contributed by atoms with E-state index < -0.39 is 22.1 Å². The molecule has 102 valence electrons. The molecule has 0 amide bonds. The largest absolute Gasteiger partial charge is 0.478 e. The number of carboxylic acid groups (broad SMARTS) is 1. The van der Waals surface area contributed by atoms with E-state index in [4.69, 9.17) is 9.84 Å². The van der Waals surface area contributed by atoms with Crippen LogP contribution < -0.4 is 4.74 Å². The maximum atomic E-state index is 10.9. The predicted octanol–water partition coefficient (Wildman–Crippen LogP) is 2.26. The van der Waals surface area contributed by atoms with Gasteiger partial charge in [-0.1, -0.05) is 19.3 Å². The zero-order chi connectivity index (χ0) is 13.8. The molecular weight excluding hydrogens is 252 g/mol. The summed E-state index contributed by atoms with van der Waals surface area (Å²) in [5.74, 6) is -0.572. The number of rotatable bonds is 6. The maximum Gasteiger partial charge on any atom is 0.342 e. The summed E-state index contributed by atoms with van der Waals surface area (Å²) in [6.45, 7) is 0.453. The Balaban J connectivity index is 2.02. The molecule has 1 heterocycles. The Morgan fingerprint density at radius 2 is 2.32 bits per heavy atom. The fourth-order valence-electron chi connectivity index (χ4n) is 1.94. The smallest absolute Gasteiger partial charge is 0.342 e. The minimum atomic E-state index is -1.36. The molecule has 0 bridgehead atoms. The molecule has 19 heavy (non-hydrogen) atoms. The molecule has 1 saturated carbocycles. The molecule has 0 atom stereocenters. The summed E-state index contributed by atoms with van der Waals surface area (Å²) in [7, 11) is 0. The quantitative estimate of drug-likeness (QED) is 0.625. The molecule has 7 nitrogen and oxygen atoms in total. The highest BCUT2D eigenvalue weighted by Crippen LogP contribution is 2.29. The van der Waals surface area contributed by atoms with Gasteiger partial charge in [-0.3, -0.25) is 10.1 Å². The van der Waals surface area contributed by atoms with Crippen LogP contribution in [0.4, 0.5) is 5.69 Å². The topological polar surface area (TPSA) is 103 Å². The standard InChI is InChI=1S/C12H14N2O5/c15-12(16)9-6-11(13-7-10(9)14(17)18)19-5-4-8-2-1-3-8/h6-8H,1-5H2,(H,15,16). The summed E-state index contributed by atoms with van der Waals surface area (Å²) in [4.78, 5) is 24.6. The fourth-order valence-corrected chi connectivity index (χ4v) is 1.94. The molecule has 1 aliphatic rings. The summed E-state index contributed by atoms with van der Waals surface area (Å²) in [5.41, 5.74) is -0.933. The van der Waals surface area contributed by atoms with Crippen molar-refractivity contribution < 1.29 is 19.6 Å². The first kappa shape index (κ1) is 13.3. The number of aromatic carboxylic acids is 1. The van der Waals surface area contributed by atoms with E-state index >= 15 is 0 Å². The van der Waals surface area contributed by atoms with Crippen LogP contribution in [0.1, 0.15) is 36.0 Å². The Labute approximate surface area is 109 Å². The van der Waals surface area contributed by atoms with Gasteiger partial charge in [0, 0.05) is 6.07 Å². The van der Waals surface area contributed by atoms with Gasteiger partial charge in [-0.05, 0) is 12.3 Å². The summed E-state index contributed by atoms with van der Waals surface area (Å²) < 4.78 is 5.34. The third-order valence-corrected chi connectivity index (χ3v) is 3.29. The molecule has 0 radical (unpaired) electrons. The monoisotopic (exact) mass is 266 g/mol. The Hall–Kier alpha value is -2.18. The Kier molecular flexibility index (Phi) is 3.94. The molecule has 1 aromatic rings. The van der Waals surface area contributed by atoms with Crippen LogP contribution in [0.15, 0.2) is 12.3 Å². The van der Waals surface area contributed by atoms with Crippen molar-refractivity contribution >= 4 is 11.7 Å². The highest BCUT2D eigenvalue weighted by Gasteiger charge is 2.22. The first-order valence-electron chi connectivity index (χ1n) is 6.08. The molecule has 0 saturated heterocycles. The van der Waals surface area contributed by atoms with Crippen molar-refractivity contribution in [2.24, 2.45) is 5.92 Å². The Morgan fingerprint density at radius 1 is 1.58 bits per heavy atom. The van der Waals surface area contributed by atoms with Crippen molar-refractivity contribution in [3.05, 3.63) is 27.9 Å². The van der Waals surface area contributed by atoms with Gasteiger partial charge in [0.1, 0.15) is 11.8 Å². The lowest BCUT2D eigenvalue weighted by atomic mass is 9.83. The lowest BCUT2D eigenvalue weighted by Crippen LogP contribution is -2.15. The maximum absolute atomic E-state index is 10.9. The van der Waals surface area contributed by atoms with Crippen LogP contribution in [0.25, 0.3) is 0 Å². The molecule has 0 spiro atoms. The molecule has 0 aliphatic heterocycles. The van der Waals surface area contributed by atoms with Crippen LogP contribution in [0.2, 0.25) is 0 Å². The molecule has 1 fully saturated rings. The lowest BCUT2D eigenvalue weighted by molar-refractivity contribution is -0.385. The van der Waals surface area contributed by atoms with Crippen molar-refractivity contribution in [2.45, 2.75) is 25.7 Å². The molecule has 1 aromatic heterocycles. The van der Waals surface area contributed by atoms with Gasteiger partial charge >= 0.3 is 11.7 Å². The van der Waals surface area contributed by atoms with Gasteiger partial charge in [-0.25, -0.2) is 9.78 Å². The number of nitrogens with zero attached hydrogens (tertiary/aromatic N) is 2. The second-order valence-electron chi connectivity index (χ2n) is 4.54. The van der Waals surface area contributed by atoms with Gasteiger partial charge in [0.25, 0.3) is 0 Å². The third-order valence-electron chi connectivity index (χ3n) is 3.29. The lowest BCUT2D eigenvalue weighted by Gasteiger charge is -2.24. The summed E-state index contributed by atoms with van der Waals surface area (Å²) in [6, 6.07) is 1.10. The van der Waals surface area contributed by atoms with Gasteiger partial charge < -0.3 is 9.84 Å². The van der Waals surface area contributed by atoms with Crippen molar-refractivity contribution in [3.63, 3.8) is 0 Å². The number of carboxylic acids is 1. The van der Waals surface area contributed by atoms with Gasteiger partial charge in [0.2, 0.25) is 5.88 Å². The molecule has 0 aromatic carbocycles. The Bertz CT molecular complexity index is 499. The van der Waals surface area contributed by atoms with Gasteiger partial charge in [0.05, 0.1) is 11.5 Å². The molecule has 2 rings (SSSR count). The predicted molar refractivity (Wildman–Crippen MR) is 65.3 cm³/mol.